The number of nitrogens with zero attached hydrogens (tertiary/aromatic N) is 4. The number of hydrogen-bond acceptors (Lipinski definition) is 4. The van der Waals surface area contributed by atoms with Gasteiger partial charge in [0.2, 0.25) is 6.33 Å². The first-order chi connectivity index (χ1) is 13.5. The van der Waals surface area contributed by atoms with Gasteiger partial charge in [-0.2, -0.15) is 0 Å². The number of halogens is 1. The number of carbonyl (C=O) groups is 1. The average Bonchev–Trinajstić information content (AvgIpc) is 3.39. The van der Waals surface area contributed by atoms with Gasteiger partial charge in [0.05, 0.1) is 30.1 Å². The first kappa shape index (κ1) is 18.7. The van der Waals surface area contributed by atoms with Gasteiger partial charge >= 0.3 is 0 Å². The lowest BCUT2D eigenvalue weighted by molar-refractivity contribution is -0.671. The summed E-state index contributed by atoms with van der Waals surface area (Å²) >= 11 is 7.66. The van der Waals surface area contributed by atoms with Crippen molar-refractivity contribution in [2.45, 2.75) is 19.9 Å². The smallest absolute Gasteiger partial charge is 0.295 e. The van der Waals surface area contributed by atoms with Gasteiger partial charge in [-0.1, -0.05) is 22.9 Å². The Kier molecular flexibility index (Phi) is 5.19. The first-order valence-electron chi connectivity index (χ1n) is 8.94. The lowest BCUT2D eigenvalue weighted by Crippen LogP contribution is -2.32. The highest BCUT2D eigenvalue weighted by Gasteiger charge is 2.23. The number of furan rings is 1. The van der Waals surface area contributed by atoms with Gasteiger partial charge in [0, 0.05) is 18.0 Å². The van der Waals surface area contributed by atoms with Gasteiger partial charge in [-0.15, -0.1) is 0 Å². The minimum Gasteiger partial charge on any atom is -0.459 e. The molecule has 1 aromatic carbocycles. The van der Waals surface area contributed by atoms with E-state index in [0.717, 1.165) is 28.7 Å². The van der Waals surface area contributed by atoms with Crippen molar-refractivity contribution < 1.29 is 13.8 Å². The zero-order valence-corrected chi connectivity index (χ0v) is 17.2. The summed E-state index contributed by atoms with van der Waals surface area (Å²) in [6.07, 6.45) is 8.32. The lowest BCUT2D eigenvalue weighted by Gasteiger charge is -2.18. The minimum absolute atomic E-state index is 0.189. The summed E-state index contributed by atoms with van der Waals surface area (Å²) in [5.74, 6) is 0.118. The molecule has 0 radical (unpaired) electrons. The van der Waals surface area contributed by atoms with Gasteiger partial charge in [0.1, 0.15) is 12.4 Å². The molecule has 0 saturated heterocycles. The molecule has 1 amide bonds. The molecule has 0 bridgehead atoms. The van der Waals surface area contributed by atoms with Gasteiger partial charge in [0.25, 0.3) is 5.91 Å². The fourth-order valence-electron chi connectivity index (χ4n) is 3.12. The zero-order chi connectivity index (χ0) is 19.7. The number of carbonyl (C=O) groups excluding carboxylic acids is 1. The number of aromatic nitrogens is 3. The Morgan fingerprint density at radius 3 is 3.00 bits per heavy atom. The maximum atomic E-state index is 13.0. The van der Waals surface area contributed by atoms with Crippen LogP contribution in [0, 0.1) is 6.92 Å². The van der Waals surface area contributed by atoms with E-state index in [1.807, 2.05) is 49.4 Å². The number of thiazole rings is 1. The number of amides is 1. The van der Waals surface area contributed by atoms with Crippen molar-refractivity contribution >= 4 is 44.2 Å². The third kappa shape index (κ3) is 3.81. The van der Waals surface area contributed by atoms with Crippen molar-refractivity contribution in [1.82, 2.24) is 9.55 Å². The summed E-state index contributed by atoms with van der Waals surface area (Å²) in [5, 5.41) is 1.32. The van der Waals surface area contributed by atoms with Gasteiger partial charge in [0.15, 0.2) is 10.9 Å². The first-order valence-corrected chi connectivity index (χ1v) is 10.1. The highest BCUT2D eigenvalue weighted by Crippen LogP contribution is 2.33. The fourth-order valence-corrected chi connectivity index (χ4v) is 4.57. The molecule has 0 saturated carbocycles. The minimum atomic E-state index is -0.189. The molecule has 0 fully saturated rings. The second kappa shape index (κ2) is 7.77. The van der Waals surface area contributed by atoms with Crippen LogP contribution in [0.25, 0.3) is 10.2 Å². The molecule has 8 heteroatoms. The Morgan fingerprint density at radius 1 is 1.43 bits per heavy atom. The van der Waals surface area contributed by atoms with E-state index in [2.05, 4.69) is 4.57 Å². The van der Waals surface area contributed by atoms with Crippen molar-refractivity contribution in [3.05, 3.63) is 65.6 Å². The maximum absolute atomic E-state index is 13.0. The third-order valence-electron chi connectivity index (χ3n) is 4.47. The molecule has 0 unspecified atom stereocenters. The summed E-state index contributed by atoms with van der Waals surface area (Å²) in [7, 11) is 1.98. The van der Waals surface area contributed by atoms with Crippen LogP contribution < -0.4 is 9.47 Å². The van der Waals surface area contributed by atoms with Crippen LogP contribution in [0.3, 0.4) is 0 Å². The number of fused-ring (bicyclic) bond motifs is 1. The standard InChI is InChI=1S/C20H20ClN4O2S/c1-14-11-15(21)12-17-18(14)22-20(28-17)25(19(26)16-5-3-10-27-16)7-4-6-24-9-8-23(2)13-24/h3,5,8-13H,4,6-7H2,1-2H3/q+1. The molecule has 0 aliphatic heterocycles. The topological polar surface area (TPSA) is 55.2 Å². The SMILES string of the molecule is Cc1cc(Cl)cc2sc(N(CCCn3cc[n+](C)c3)C(=O)c3ccco3)nc12. The van der Waals surface area contributed by atoms with Gasteiger partial charge in [-0.05, 0) is 36.8 Å². The Labute approximate surface area is 171 Å². The summed E-state index contributed by atoms with van der Waals surface area (Å²) in [4.78, 5) is 19.5. The molecule has 0 atom stereocenters. The van der Waals surface area contributed by atoms with E-state index in [1.54, 1.807) is 17.0 Å². The Morgan fingerprint density at radius 2 is 2.29 bits per heavy atom. The van der Waals surface area contributed by atoms with Crippen molar-refractivity contribution in [3.63, 3.8) is 0 Å². The number of anilines is 1. The van der Waals surface area contributed by atoms with Crippen LogP contribution in [0.15, 0.2) is 53.7 Å². The lowest BCUT2D eigenvalue weighted by atomic mass is 10.2. The van der Waals surface area contributed by atoms with E-state index in [4.69, 9.17) is 21.0 Å². The largest absolute Gasteiger partial charge is 0.459 e. The monoisotopic (exact) mass is 415 g/mol. The number of hydrogen-bond donors (Lipinski definition) is 0. The molecule has 0 N–H and O–H groups in total. The van der Waals surface area contributed by atoms with Crippen molar-refractivity contribution in [2.24, 2.45) is 7.05 Å². The zero-order valence-electron chi connectivity index (χ0n) is 15.6. The quantitative estimate of drug-likeness (QED) is 0.443. The Bertz CT molecular complexity index is 1120. The summed E-state index contributed by atoms with van der Waals surface area (Å²) < 4.78 is 10.4. The molecule has 0 aliphatic rings. The fraction of sp³-hybridized carbons (Fsp3) is 0.250. The van der Waals surface area contributed by atoms with Crippen LogP contribution in [0.5, 0.6) is 0 Å². The van der Waals surface area contributed by atoms with E-state index < -0.39 is 0 Å². The molecule has 144 valence electrons. The molecule has 3 aromatic heterocycles. The highest BCUT2D eigenvalue weighted by atomic mass is 35.5. The van der Waals surface area contributed by atoms with Crippen LogP contribution in [-0.2, 0) is 13.6 Å². The predicted octanol–water partition coefficient (Wildman–Crippen LogP) is 4.21. The van der Waals surface area contributed by atoms with E-state index in [0.29, 0.717) is 22.5 Å². The Hall–Kier alpha value is -2.64. The number of benzene rings is 1. The van der Waals surface area contributed by atoms with Gasteiger partial charge in [-0.3, -0.25) is 9.69 Å². The second-order valence-electron chi connectivity index (χ2n) is 6.67. The van der Waals surface area contributed by atoms with E-state index >= 15 is 0 Å². The molecule has 4 rings (SSSR count). The van der Waals surface area contributed by atoms with Crippen LogP contribution >= 0.6 is 22.9 Å². The molecule has 6 nitrogen and oxygen atoms in total. The molecule has 0 spiro atoms. The molecular formula is C20H20ClN4O2S+. The average molecular weight is 416 g/mol. The third-order valence-corrected chi connectivity index (χ3v) is 5.71. The molecule has 28 heavy (non-hydrogen) atoms. The van der Waals surface area contributed by atoms with Crippen LogP contribution in [-0.4, -0.2) is 22.0 Å². The molecule has 4 aromatic rings. The van der Waals surface area contributed by atoms with Gasteiger partial charge < -0.3 is 4.42 Å². The van der Waals surface area contributed by atoms with Crippen LogP contribution in [0.2, 0.25) is 5.02 Å². The summed E-state index contributed by atoms with van der Waals surface area (Å²) in [5.41, 5.74) is 1.87. The van der Waals surface area contributed by atoms with E-state index in [9.17, 15) is 4.79 Å². The van der Waals surface area contributed by atoms with E-state index in [-0.39, 0.29) is 5.91 Å². The maximum Gasteiger partial charge on any atom is 0.295 e. The second-order valence-corrected chi connectivity index (χ2v) is 8.12. The van der Waals surface area contributed by atoms with Crippen molar-refractivity contribution in [1.29, 1.82) is 0 Å². The van der Waals surface area contributed by atoms with E-state index in [1.165, 1.54) is 17.6 Å². The Balaban J connectivity index is 1.62. The molecular weight excluding hydrogens is 396 g/mol. The normalized spacial score (nSPS) is 11.2. The number of rotatable bonds is 6. The van der Waals surface area contributed by atoms with Gasteiger partial charge in [-0.25, -0.2) is 14.1 Å². The molecule has 0 aliphatic carbocycles. The van der Waals surface area contributed by atoms with Crippen molar-refractivity contribution in [2.75, 3.05) is 11.4 Å². The van der Waals surface area contributed by atoms with Crippen LogP contribution in [0.1, 0.15) is 22.5 Å². The number of aryl methyl sites for hydroxylation is 3. The number of imidazole rings is 1. The summed E-state index contributed by atoms with van der Waals surface area (Å²) in [6.45, 7) is 3.31. The van der Waals surface area contributed by atoms with Crippen molar-refractivity contribution in [3.8, 4) is 0 Å². The molecule has 3 heterocycles. The predicted molar refractivity (Wildman–Crippen MR) is 110 cm³/mol. The highest BCUT2D eigenvalue weighted by molar-refractivity contribution is 7.22. The summed E-state index contributed by atoms with van der Waals surface area (Å²) in [6, 6.07) is 7.17. The van der Waals surface area contributed by atoms with Crippen LogP contribution in [0.4, 0.5) is 5.13 Å².